The maximum atomic E-state index is 3.53. The lowest BCUT2D eigenvalue weighted by Gasteiger charge is -2.32. The van der Waals surface area contributed by atoms with E-state index in [1.807, 2.05) is 0 Å². The summed E-state index contributed by atoms with van der Waals surface area (Å²) in [7, 11) is 2.29. The molecule has 2 heteroatoms. The molecule has 0 aromatic carbocycles. The number of piperidine rings is 1. The van der Waals surface area contributed by atoms with Crippen molar-refractivity contribution in [3.63, 3.8) is 0 Å². The topological polar surface area (TPSA) is 15.3 Å². The number of likely N-dealkylation sites (tertiary alicyclic amines) is 1. The molecule has 2 heterocycles. The molecule has 76 valence electrons. The van der Waals surface area contributed by atoms with E-state index in [-0.39, 0.29) is 0 Å². The molecule has 1 N–H and O–H groups in total. The third-order valence-electron chi connectivity index (χ3n) is 3.83. The highest BCUT2D eigenvalue weighted by Gasteiger charge is 2.41. The molecule has 0 aromatic rings. The van der Waals surface area contributed by atoms with E-state index < -0.39 is 0 Å². The summed E-state index contributed by atoms with van der Waals surface area (Å²) in [5.74, 6) is 2.69. The van der Waals surface area contributed by atoms with E-state index in [1.54, 1.807) is 0 Å². The van der Waals surface area contributed by atoms with Gasteiger partial charge >= 0.3 is 0 Å². The van der Waals surface area contributed by atoms with Crippen LogP contribution in [0.5, 0.6) is 0 Å². The number of nitrogens with zero attached hydrogens (tertiary/aromatic N) is 1. The molecule has 0 spiro atoms. The molecule has 0 saturated carbocycles. The van der Waals surface area contributed by atoms with E-state index in [4.69, 9.17) is 0 Å². The van der Waals surface area contributed by atoms with Crippen molar-refractivity contribution < 1.29 is 0 Å². The molecule has 2 saturated heterocycles. The number of fused-ring (bicyclic) bond motifs is 1. The van der Waals surface area contributed by atoms with Gasteiger partial charge in [0.25, 0.3) is 0 Å². The minimum Gasteiger partial charge on any atom is -0.316 e. The van der Waals surface area contributed by atoms with Gasteiger partial charge in [0.1, 0.15) is 0 Å². The maximum absolute atomic E-state index is 3.53. The van der Waals surface area contributed by atoms with Crippen molar-refractivity contribution in [3.05, 3.63) is 0 Å². The second-order valence-electron chi connectivity index (χ2n) is 5.09. The number of hydrogen-bond donors (Lipinski definition) is 1. The minimum atomic E-state index is 0.805. The summed E-state index contributed by atoms with van der Waals surface area (Å²) < 4.78 is 0. The highest BCUT2D eigenvalue weighted by Crippen LogP contribution is 2.35. The lowest BCUT2D eigenvalue weighted by Crippen LogP contribution is -2.42. The van der Waals surface area contributed by atoms with Gasteiger partial charge in [-0.1, -0.05) is 13.8 Å². The quantitative estimate of drug-likeness (QED) is 0.655. The molecule has 0 amide bonds. The van der Waals surface area contributed by atoms with Gasteiger partial charge in [-0.3, -0.25) is 0 Å². The van der Waals surface area contributed by atoms with Gasteiger partial charge in [0, 0.05) is 12.6 Å². The summed E-state index contributed by atoms with van der Waals surface area (Å²) in [5.41, 5.74) is 0. The summed E-state index contributed by atoms with van der Waals surface area (Å²) in [6, 6.07) is 0.817. The van der Waals surface area contributed by atoms with E-state index in [2.05, 4.69) is 31.1 Å². The van der Waals surface area contributed by atoms with Crippen LogP contribution in [0, 0.1) is 17.8 Å². The van der Waals surface area contributed by atoms with E-state index in [0.717, 1.165) is 23.8 Å². The van der Waals surface area contributed by atoms with Crippen LogP contribution in [0.25, 0.3) is 0 Å². The van der Waals surface area contributed by atoms with Gasteiger partial charge in [0.05, 0.1) is 0 Å². The predicted octanol–water partition coefficient (Wildman–Crippen LogP) is 1.18. The van der Waals surface area contributed by atoms with Crippen LogP contribution in [0.1, 0.15) is 20.3 Å². The van der Waals surface area contributed by atoms with Crippen molar-refractivity contribution in [3.8, 4) is 0 Å². The second-order valence-corrected chi connectivity index (χ2v) is 5.09. The van der Waals surface area contributed by atoms with Crippen LogP contribution in [0.4, 0.5) is 0 Å². The average Bonchev–Trinajstić information content (AvgIpc) is 2.39. The van der Waals surface area contributed by atoms with Gasteiger partial charge in [-0.15, -0.1) is 0 Å². The first-order chi connectivity index (χ1) is 6.20. The zero-order chi connectivity index (χ0) is 9.42. The smallest absolute Gasteiger partial charge is 0.0159 e. The van der Waals surface area contributed by atoms with Gasteiger partial charge in [-0.25, -0.2) is 0 Å². The fraction of sp³-hybridized carbons (Fsp3) is 1.00. The largest absolute Gasteiger partial charge is 0.316 e. The fourth-order valence-electron chi connectivity index (χ4n) is 3.39. The lowest BCUT2D eigenvalue weighted by atomic mass is 9.81. The van der Waals surface area contributed by atoms with Crippen molar-refractivity contribution >= 4 is 0 Å². The van der Waals surface area contributed by atoms with Crippen molar-refractivity contribution in [2.45, 2.75) is 26.3 Å². The van der Waals surface area contributed by atoms with E-state index >= 15 is 0 Å². The van der Waals surface area contributed by atoms with E-state index in [0.29, 0.717) is 0 Å². The van der Waals surface area contributed by atoms with Crippen LogP contribution >= 0.6 is 0 Å². The molecule has 0 aliphatic carbocycles. The summed E-state index contributed by atoms with van der Waals surface area (Å²) in [5, 5.41) is 3.53. The van der Waals surface area contributed by atoms with E-state index in [9.17, 15) is 0 Å². The normalized spacial score (nSPS) is 41.1. The standard InChI is InChI=1S/C11H22N2/c1-8(2)11-10-6-12-5-4-9(10)7-13(11)3/h8-12H,4-7H2,1-3H3. The Kier molecular flexibility index (Phi) is 2.61. The van der Waals surface area contributed by atoms with Crippen LogP contribution in [-0.4, -0.2) is 37.6 Å². The number of rotatable bonds is 1. The lowest BCUT2D eigenvalue weighted by molar-refractivity contribution is 0.195. The molecule has 0 aromatic heterocycles. The Balaban J connectivity index is 2.09. The fourth-order valence-corrected chi connectivity index (χ4v) is 3.39. The predicted molar refractivity (Wildman–Crippen MR) is 55.7 cm³/mol. The summed E-state index contributed by atoms with van der Waals surface area (Å²) in [4.78, 5) is 2.58. The molecule has 0 bridgehead atoms. The zero-order valence-electron chi connectivity index (χ0n) is 9.09. The van der Waals surface area contributed by atoms with Gasteiger partial charge in [-0.05, 0) is 44.3 Å². The summed E-state index contributed by atoms with van der Waals surface area (Å²) >= 11 is 0. The molecule has 2 aliphatic rings. The molecule has 3 atom stereocenters. The summed E-state index contributed by atoms with van der Waals surface area (Å²) in [6.45, 7) is 8.53. The van der Waals surface area contributed by atoms with Crippen LogP contribution in [0.15, 0.2) is 0 Å². The zero-order valence-corrected chi connectivity index (χ0v) is 9.09. The third-order valence-corrected chi connectivity index (χ3v) is 3.83. The van der Waals surface area contributed by atoms with Crippen molar-refractivity contribution in [1.82, 2.24) is 10.2 Å². The van der Waals surface area contributed by atoms with Crippen LogP contribution in [0.3, 0.4) is 0 Å². The first kappa shape index (κ1) is 9.47. The molecule has 2 nitrogen and oxygen atoms in total. The SMILES string of the molecule is CC(C)C1C2CNCCC2CN1C. The highest BCUT2D eigenvalue weighted by molar-refractivity contribution is 4.96. The molecular weight excluding hydrogens is 160 g/mol. The highest BCUT2D eigenvalue weighted by atomic mass is 15.2. The average molecular weight is 182 g/mol. The van der Waals surface area contributed by atoms with Crippen LogP contribution in [0.2, 0.25) is 0 Å². The first-order valence-corrected chi connectivity index (χ1v) is 5.61. The molecular formula is C11H22N2. The Labute approximate surface area is 81.7 Å². The van der Waals surface area contributed by atoms with Crippen LogP contribution < -0.4 is 5.32 Å². The second kappa shape index (κ2) is 3.58. The van der Waals surface area contributed by atoms with Gasteiger partial charge < -0.3 is 10.2 Å². The molecule has 2 rings (SSSR count). The Morgan fingerprint density at radius 1 is 1.38 bits per heavy atom. The number of nitrogens with one attached hydrogen (secondary N) is 1. The molecule has 0 radical (unpaired) electrons. The Hall–Kier alpha value is -0.0800. The van der Waals surface area contributed by atoms with Crippen LogP contribution in [-0.2, 0) is 0 Å². The van der Waals surface area contributed by atoms with Gasteiger partial charge in [0.15, 0.2) is 0 Å². The van der Waals surface area contributed by atoms with Gasteiger partial charge in [-0.2, -0.15) is 0 Å². The first-order valence-electron chi connectivity index (χ1n) is 5.61. The maximum Gasteiger partial charge on any atom is 0.0159 e. The minimum absolute atomic E-state index is 0.805. The summed E-state index contributed by atoms with van der Waals surface area (Å²) in [6.07, 6.45) is 1.39. The Bertz CT molecular complexity index is 179. The molecule has 2 fully saturated rings. The monoisotopic (exact) mass is 182 g/mol. The third kappa shape index (κ3) is 1.62. The molecule has 2 aliphatic heterocycles. The van der Waals surface area contributed by atoms with Crippen molar-refractivity contribution in [1.29, 1.82) is 0 Å². The van der Waals surface area contributed by atoms with Crippen molar-refractivity contribution in [2.75, 3.05) is 26.7 Å². The molecule has 3 unspecified atom stereocenters. The van der Waals surface area contributed by atoms with Crippen molar-refractivity contribution in [2.24, 2.45) is 17.8 Å². The molecule has 13 heavy (non-hydrogen) atoms. The number of hydrogen-bond acceptors (Lipinski definition) is 2. The van der Waals surface area contributed by atoms with E-state index in [1.165, 1.54) is 26.1 Å². The Morgan fingerprint density at radius 2 is 2.15 bits per heavy atom. The Morgan fingerprint density at radius 3 is 2.85 bits per heavy atom. The van der Waals surface area contributed by atoms with Gasteiger partial charge in [0.2, 0.25) is 0 Å².